The second-order valence-electron chi connectivity index (χ2n) is 7.49. The summed E-state index contributed by atoms with van der Waals surface area (Å²) in [6, 6.07) is 3.97. The van der Waals surface area contributed by atoms with Gasteiger partial charge in [-0.25, -0.2) is 26.6 Å². The highest BCUT2D eigenvalue weighted by atomic mass is 127. The lowest BCUT2D eigenvalue weighted by atomic mass is 10.2. The van der Waals surface area contributed by atoms with Crippen molar-refractivity contribution in [3.05, 3.63) is 45.6 Å². The minimum Gasteiger partial charge on any atom is -0.441 e. The molecule has 0 bridgehead atoms. The van der Waals surface area contributed by atoms with Gasteiger partial charge in [0.1, 0.15) is 17.2 Å². The van der Waals surface area contributed by atoms with Crippen LogP contribution >= 0.6 is 22.6 Å². The van der Waals surface area contributed by atoms with Crippen LogP contribution in [0.25, 0.3) is 11.1 Å². The maximum Gasteiger partial charge on any atom is 0.238 e. The molecule has 2 aromatic carbocycles. The third-order valence-corrected chi connectivity index (χ3v) is 8.15. The Balaban J connectivity index is 1.82. The fourth-order valence-corrected chi connectivity index (χ4v) is 5.60. The van der Waals surface area contributed by atoms with Gasteiger partial charge < -0.3 is 19.9 Å². The van der Waals surface area contributed by atoms with Gasteiger partial charge in [-0.15, -0.1) is 0 Å². The largest absolute Gasteiger partial charge is 0.441 e. The predicted octanol–water partition coefficient (Wildman–Crippen LogP) is 3.61. The van der Waals surface area contributed by atoms with Crippen molar-refractivity contribution in [3.63, 3.8) is 0 Å². The molecule has 4 rings (SSSR count). The molecular formula is C19H17F3IN3O5S. The Morgan fingerprint density at radius 1 is 1.22 bits per heavy atom. The molecule has 1 fully saturated rings. The number of aliphatic hydroxyl groups is 2. The van der Waals surface area contributed by atoms with E-state index in [9.17, 15) is 26.7 Å². The van der Waals surface area contributed by atoms with Gasteiger partial charge in [-0.1, -0.05) is 0 Å². The molecule has 3 aromatic rings. The van der Waals surface area contributed by atoms with Crippen LogP contribution in [0.4, 0.5) is 30.2 Å². The van der Waals surface area contributed by atoms with Crippen LogP contribution in [0, 0.1) is 21.0 Å². The lowest BCUT2D eigenvalue weighted by molar-refractivity contribution is 0.0858. The molecule has 1 saturated carbocycles. The molecule has 32 heavy (non-hydrogen) atoms. The molecule has 0 spiro atoms. The van der Waals surface area contributed by atoms with Gasteiger partial charge in [-0.2, -0.15) is 0 Å². The first kappa shape index (κ1) is 23.1. The molecule has 172 valence electrons. The van der Waals surface area contributed by atoms with E-state index in [0.29, 0.717) is 3.57 Å². The van der Waals surface area contributed by atoms with E-state index >= 15 is 0 Å². The van der Waals surface area contributed by atoms with Crippen LogP contribution in [-0.2, 0) is 10.0 Å². The smallest absolute Gasteiger partial charge is 0.238 e. The van der Waals surface area contributed by atoms with Gasteiger partial charge in [0.05, 0.1) is 23.1 Å². The number of aliphatic hydroxyl groups excluding tert-OH is 2. The summed E-state index contributed by atoms with van der Waals surface area (Å²) in [5.41, 5.74) is -2.33. The predicted molar refractivity (Wildman–Crippen MR) is 119 cm³/mol. The maximum atomic E-state index is 15.0. The summed E-state index contributed by atoms with van der Waals surface area (Å²) in [5, 5.41) is 21.2. The fourth-order valence-electron chi connectivity index (χ4n) is 3.42. The highest BCUT2D eigenvalue weighted by Gasteiger charge is 2.55. The van der Waals surface area contributed by atoms with Crippen LogP contribution in [0.2, 0.25) is 0 Å². The molecule has 8 nitrogen and oxygen atoms in total. The summed E-state index contributed by atoms with van der Waals surface area (Å²) in [6.07, 6.45) is -0.323. The normalized spacial score (nSPS) is 16.2. The number of aromatic nitrogens is 1. The zero-order chi connectivity index (χ0) is 23.3. The molecule has 1 atom stereocenters. The fraction of sp³-hybridized carbons (Fsp3) is 0.316. The van der Waals surface area contributed by atoms with Gasteiger partial charge in [0.25, 0.3) is 0 Å². The van der Waals surface area contributed by atoms with Gasteiger partial charge in [-0.3, -0.25) is 4.72 Å². The van der Waals surface area contributed by atoms with Crippen LogP contribution in [0.15, 0.2) is 29.0 Å². The number of halogens is 4. The van der Waals surface area contributed by atoms with Crippen molar-refractivity contribution in [1.29, 1.82) is 0 Å². The Kier molecular flexibility index (Phi) is 6.02. The number of rotatable bonds is 8. The average molecular weight is 583 g/mol. The Morgan fingerprint density at radius 3 is 2.56 bits per heavy atom. The second-order valence-corrected chi connectivity index (χ2v) is 10.8. The Morgan fingerprint density at radius 2 is 1.94 bits per heavy atom. The Labute approximate surface area is 194 Å². The van der Waals surface area contributed by atoms with Gasteiger partial charge in [0.2, 0.25) is 10.0 Å². The monoisotopic (exact) mass is 583 g/mol. The number of hydrogen-bond donors (Lipinski definition) is 4. The molecule has 0 radical (unpaired) electrons. The van der Waals surface area contributed by atoms with Crippen molar-refractivity contribution in [3.8, 4) is 0 Å². The van der Waals surface area contributed by atoms with Crippen LogP contribution in [-0.4, -0.2) is 41.1 Å². The van der Waals surface area contributed by atoms with E-state index in [0.717, 1.165) is 12.5 Å². The zero-order valence-corrected chi connectivity index (χ0v) is 19.2. The van der Waals surface area contributed by atoms with Crippen molar-refractivity contribution in [2.75, 3.05) is 16.6 Å². The maximum absolute atomic E-state index is 15.0. The van der Waals surface area contributed by atoms with Gasteiger partial charge >= 0.3 is 0 Å². The quantitative estimate of drug-likeness (QED) is 0.299. The van der Waals surface area contributed by atoms with Crippen LogP contribution in [0.5, 0.6) is 0 Å². The number of nitrogens with zero attached hydrogens (tertiary/aromatic N) is 1. The molecule has 1 aliphatic carbocycles. The van der Waals surface area contributed by atoms with Gasteiger partial charge in [0.15, 0.2) is 29.1 Å². The van der Waals surface area contributed by atoms with Crippen LogP contribution in [0.1, 0.15) is 19.3 Å². The molecule has 1 aromatic heterocycles. The molecule has 1 unspecified atom stereocenters. The first-order valence-corrected chi connectivity index (χ1v) is 11.9. The number of hydrogen-bond acceptors (Lipinski definition) is 7. The number of anilines is 3. The summed E-state index contributed by atoms with van der Waals surface area (Å²) >= 11 is 1.87. The standard InChI is InChI=1S/C19H17F3IN3O5S/c20-11-5-9(23)1-2-12(11)25-15-13(21)14(22)16-18(31-8-24-16)17(15)26-32(29,30)19(3-4-19)6-10(28)7-27/h1-2,5,8,10,25-28H,3-4,6-7H2. The van der Waals surface area contributed by atoms with E-state index in [1.54, 1.807) is 0 Å². The number of nitrogens with one attached hydrogen (secondary N) is 2. The summed E-state index contributed by atoms with van der Waals surface area (Å²) in [4.78, 5) is 3.59. The molecule has 1 heterocycles. The minimum absolute atomic E-state index is 0.192. The second kappa shape index (κ2) is 8.35. The summed E-state index contributed by atoms with van der Waals surface area (Å²) < 4.78 is 76.7. The number of benzene rings is 2. The Bertz CT molecular complexity index is 1300. The Hall–Kier alpha value is -2.10. The third-order valence-electron chi connectivity index (χ3n) is 5.29. The third kappa shape index (κ3) is 4.02. The number of oxazole rings is 1. The van der Waals surface area contributed by atoms with Crippen molar-refractivity contribution in [1.82, 2.24) is 4.98 Å². The summed E-state index contributed by atoms with van der Waals surface area (Å²) in [6.45, 7) is -0.631. The molecule has 0 saturated heterocycles. The molecule has 4 N–H and O–H groups in total. The minimum atomic E-state index is -4.27. The van der Waals surface area contributed by atoms with E-state index < -0.39 is 61.8 Å². The van der Waals surface area contributed by atoms with Crippen molar-refractivity contribution >= 4 is 60.8 Å². The summed E-state index contributed by atoms with van der Waals surface area (Å²) in [7, 11) is -4.27. The number of fused-ring (bicyclic) bond motifs is 1. The van der Waals surface area contributed by atoms with E-state index in [-0.39, 0.29) is 30.5 Å². The summed E-state index contributed by atoms with van der Waals surface area (Å²) in [5.74, 6) is -3.66. The van der Waals surface area contributed by atoms with E-state index in [4.69, 9.17) is 9.52 Å². The van der Waals surface area contributed by atoms with Gasteiger partial charge in [0, 0.05) is 3.57 Å². The van der Waals surface area contributed by atoms with Crippen LogP contribution in [0.3, 0.4) is 0 Å². The van der Waals surface area contributed by atoms with Crippen molar-refractivity contribution in [2.24, 2.45) is 0 Å². The van der Waals surface area contributed by atoms with E-state index in [1.165, 1.54) is 12.1 Å². The molecule has 0 amide bonds. The number of sulfonamides is 1. The topological polar surface area (TPSA) is 125 Å². The zero-order valence-electron chi connectivity index (χ0n) is 16.2. The van der Waals surface area contributed by atoms with E-state index in [1.807, 2.05) is 22.6 Å². The van der Waals surface area contributed by atoms with Gasteiger partial charge in [-0.05, 0) is 60.1 Å². The van der Waals surface area contributed by atoms with Crippen molar-refractivity contribution in [2.45, 2.75) is 30.1 Å². The highest BCUT2D eigenvalue weighted by molar-refractivity contribution is 14.1. The highest BCUT2D eigenvalue weighted by Crippen LogP contribution is 2.49. The van der Waals surface area contributed by atoms with Crippen molar-refractivity contribution < 1.29 is 36.2 Å². The lowest BCUT2D eigenvalue weighted by Gasteiger charge is -2.22. The first-order valence-electron chi connectivity index (χ1n) is 9.36. The molecule has 0 aliphatic heterocycles. The SMILES string of the molecule is O=S(=O)(Nc1c(Nc2ccc(I)cc2F)c(F)c(F)c2ncoc12)C1(CC(O)CO)CC1. The lowest BCUT2D eigenvalue weighted by Crippen LogP contribution is -2.34. The first-order chi connectivity index (χ1) is 15.1. The molecule has 13 heteroatoms. The van der Waals surface area contributed by atoms with E-state index in [2.05, 4.69) is 15.0 Å². The van der Waals surface area contributed by atoms with Crippen LogP contribution < -0.4 is 10.0 Å². The molecule has 1 aliphatic rings. The molecular weight excluding hydrogens is 566 g/mol. The average Bonchev–Trinajstić information content (AvgIpc) is 3.36.